The summed E-state index contributed by atoms with van der Waals surface area (Å²) in [5.74, 6) is 1.46. The van der Waals surface area contributed by atoms with Crippen LogP contribution in [-0.4, -0.2) is 11.1 Å². The summed E-state index contributed by atoms with van der Waals surface area (Å²) in [4.78, 5) is 11.1. The van der Waals surface area contributed by atoms with Gasteiger partial charge in [-0.1, -0.05) is 32.1 Å². The molecule has 0 amide bonds. The van der Waals surface area contributed by atoms with Crippen molar-refractivity contribution in [1.82, 2.24) is 0 Å². The lowest BCUT2D eigenvalue weighted by Gasteiger charge is -2.42. The first kappa shape index (κ1) is 12.4. The number of fused-ring (bicyclic) bond motifs is 1. The van der Waals surface area contributed by atoms with Crippen LogP contribution in [0.5, 0.6) is 0 Å². The molecule has 0 heterocycles. The molecule has 3 unspecified atom stereocenters. The average Bonchev–Trinajstić information content (AvgIpc) is 2.28. The molecule has 0 spiro atoms. The van der Waals surface area contributed by atoms with Gasteiger partial charge in [-0.25, -0.2) is 4.79 Å². The Balaban J connectivity index is 2.28. The van der Waals surface area contributed by atoms with Crippen molar-refractivity contribution < 1.29 is 9.90 Å². The fourth-order valence-electron chi connectivity index (χ4n) is 3.52. The van der Waals surface area contributed by atoms with E-state index in [4.69, 9.17) is 5.11 Å². The third kappa shape index (κ3) is 2.31. The zero-order valence-electron chi connectivity index (χ0n) is 10.8. The molecule has 2 nitrogen and oxygen atoms in total. The van der Waals surface area contributed by atoms with Crippen molar-refractivity contribution in [3.8, 4) is 0 Å². The van der Waals surface area contributed by atoms with Crippen molar-refractivity contribution in [2.75, 3.05) is 0 Å². The third-order valence-electron chi connectivity index (χ3n) is 4.53. The van der Waals surface area contributed by atoms with E-state index in [0.29, 0.717) is 35.7 Å². The first-order chi connectivity index (χ1) is 8.00. The molecule has 3 atom stereocenters. The Kier molecular flexibility index (Phi) is 3.41. The summed E-state index contributed by atoms with van der Waals surface area (Å²) in [6.45, 7) is 8.68. The molecule has 0 saturated heterocycles. The Labute approximate surface area is 103 Å². The molecule has 2 heteroatoms. The van der Waals surface area contributed by atoms with Crippen molar-refractivity contribution in [1.29, 1.82) is 0 Å². The Morgan fingerprint density at radius 1 is 1.41 bits per heavy atom. The van der Waals surface area contributed by atoms with Crippen LogP contribution in [0.25, 0.3) is 0 Å². The molecule has 2 aliphatic rings. The van der Waals surface area contributed by atoms with Gasteiger partial charge >= 0.3 is 5.97 Å². The van der Waals surface area contributed by atoms with Crippen LogP contribution in [0.2, 0.25) is 0 Å². The number of aliphatic carboxylic acids is 1. The Bertz CT molecular complexity index is 365. The highest BCUT2D eigenvalue weighted by Crippen LogP contribution is 2.47. The molecule has 94 valence electrons. The van der Waals surface area contributed by atoms with Crippen molar-refractivity contribution in [2.24, 2.45) is 23.7 Å². The normalized spacial score (nSPS) is 33.2. The molecule has 0 aliphatic heterocycles. The maximum Gasteiger partial charge on any atom is 0.331 e. The maximum atomic E-state index is 11.1. The van der Waals surface area contributed by atoms with Gasteiger partial charge in [-0.05, 0) is 49.4 Å². The average molecular weight is 234 g/mol. The van der Waals surface area contributed by atoms with Crippen LogP contribution in [-0.2, 0) is 4.79 Å². The SMILES string of the molecule is C=C1CCC(C(C)C)C2C=C(C(=O)O)CCC12. The van der Waals surface area contributed by atoms with Crippen molar-refractivity contribution in [3.05, 3.63) is 23.8 Å². The van der Waals surface area contributed by atoms with Gasteiger partial charge in [-0.3, -0.25) is 0 Å². The largest absolute Gasteiger partial charge is 0.478 e. The molecule has 0 bridgehead atoms. The van der Waals surface area contributed by atoms with Gasteiger partial charge in [0.2, 0.25) is 0 Å². The number of hydrogen-bond acceptors (Lipinski definition) is 1. The zero-order valence-corrected chi connectivity index (χ0v) is 10.8. The lowest BCUT2D eigenvalue weighted by molar-refractivity contribution is -0.133. The number of carboxylic acids is 1. The molecule has 0 aromatic heterocycles. The molecule has 17 heavy (non-hydrogen) atoms. The standard InChI is InChI=1S/C15H22O2/c1-9(2)12-6-4-10(3)13-7-5-11(15(16)17)8-14(12)13/h8-9,12-14H,3-7H2,1-2H3,(H,16,17). The second-order valence-electron chi connectivity index (χ2n) is 5.82. The van der Waals surface area contributed by atoms with Gasteiger partial charge < -0.3 is 5.11 Å². The van der Waals surface area contributed by atoms with Crippen LogP contribution in [0.15, 0.2) is 23.8 Å². The second kappa shape index (κ2) is 4.67. The van der Waals surface area contributed by atoms with Crippen LogP contribution < -0.4 is 0 Å². The van der Waals surface area contributed by atoms with Gasteiger partial charge in [0.05, 0.1) is 0 Å². The second-order valence-corrected chi connectivity index (χ2v) is 5.82. The highest BCUT2D eigenvalue weighted by atomic mass is 16.4. The summed E-state index contributed by atoms with van der Waals surface area (Å²) < 4.78 is 0. The van der Waals surface area contributed by atoms with E-state index in [-0.39, 0.29) is 0 Å². The van der Waals surface area contributed by atoms with E-state index in [1.54, 1.807) is 0 Å². The number of rotatable bonds is 2. The van der Waals surface area contributed by atoms with E-state index in [1.807, 2.05) is 6.08 Å². The Hall–Kier alpha value is -1.05. The van der Waals surface area contributed by atoms with E-state index < -0.39 is 5.97 Å². The monoisotopic (exact) mass is 234 g/mol. The highest BCUT2D eigenvalue weighted by Gasteiger charge is 2.38. The van der Waals surface area contributed by atoms with Gasteiger partial charge in [0.25, 0.3) is 0 Å². The highest BCUT2D eigenvalue weighted by molar-refractivity contribution is 5.86. The summed E-state index contributed by atoms with van der Waals surface area (Å²) in [7, 11) is 0. The molecule has 1 fully saturated rings. The minimum absolute atomic E-state index is 0.413. The lowest BCUT2D eigenvalue weighted by atomic mass is 9.62. The number of carbonyl (C=O) groups is 1. The Morgan fingerprint density at radius 3 is 2.71 bits per heavy atom. The van der Waals surface area contributed by atoms with Crippen molar-refractivity contribution in [3.63, 3.8) is 0 Å². The summed E-state index contributed by atoms with van der Waals surface area (Å²) >= 11 is 0. The number of allylic oxidation sites excluding steroid dienone is 2. The van der Waals surface area contributed by atoms with Crippen LogP contribution in [0.4, 0.5) is 0 Å². The fraction of sp³-hybridized carbons (Fsp3) is 0.667. The van der Waals surface area contributed by atoms with Crippen molar-refractivity contribution >= 4 is 5.97 Å². The first-order valence-electron chi connectivity index (χ1n) is 6.62. The minimum Gasteiger partial charge on any atom is -0.478 e. The third-order valence-corrected chi connectivity index (χ3v) is 4.53. The van der Waals surface area contributed by atoms with Gasteiger partial charge in [-0.15, -0.1) is 0 Å². The van der Waals surface area contributed by atoms with Crippen LogP contribution >= 0.6 is 0 Å². The molecule has 0 aromatic rings. The van der Waals surface area contributed by atoms with E-state index >= 15 is 0 Å². The van der Waals surface area contributed by atoms with Gasteiger partial charge in [0.1, 0.15) is 0 Å². The van der Waals surface area contributed by atoms with Crippen molar-refractivity contribution in [2.45, 2.75) is 39.5 Å². The summed E-state index contributed by atoms with van der Waals surface area (Å²) in [6, 6.07) is 0. The Morgan fingerprint density at radius 2 is 2.12 bits per heavy atom. The lowest BCUT2D eigenvalue weighted by Crippen LogP contribution is -2.34. The molecule has 2 aliphatic carbocycles. The zero-order chi connectivity index (χ0) is 12.6. The van der Waals surface area contributed by atoms with Gasteiger partial charge in [0, 0.05) is 5.57 Å². The summed E-state index contributed by atoms with van der Waals surface area (Å²) in [5.41, 5.74) is 1.96. The van der Waals surface area contributed by atoms with E-state index in [1.165, 1.54) is 12.0 Å². The maximum absolute atomic E-state index is 11.1. The molecule has 2 rings (SSSR count). The summed E-state index contributed by atoms with van der Waals surface area (Å²) in [6.07, 6.45) is 6.01. The molecule has 1 saturated carbocycles. The molecule has 0 aromatic carbocycles. The van der Waals surface area contributed by atoms with E-state index in [2.05, 4.69) is 20.4 Å². The quantitative estimate of drug-likeness (QED) is 0.740. The van der Waals surface area contributed by atoms with E-state index in [0.717, 1.165) is 12.8 Å². The predicted octanol–water partition coefficient (Wildman–Crippen LogP) is 3.65. The molecule has 0 radical (unpaired) electrons. The first-order valence-corrected chi connectivity index (χ1v) is 6.62. The molecule has 1 N–H and O–H groups in total. The minimum atomic E-state index is -0.734. The number of carboxylic acid groups (broad SMARTS) is 1. The van der Waals surface area contributed by atoms with E-state index in [9.17, 15) is 4.79 Å². The van der Waals surface area contributed by atoms with Crippen LogP contribution in [0.1, 0.15) is 39.5 Å². The fourth-order valence-corrected chi connectivity index (χ4v) is 3.52. The topological polar surface area (TPSA) is 37.3 Å². The molecular formula is C15H22O2. The summed E-state index contributed by atoms with van der Waals surface area (Å²) in [5, 5.41) is 9.13. The van der Waals surface area contributed by atoms with Crippen LogP contribution in [0, 0.1) is 23.7 Å². The number of hydrogen-bond donors (Lipinski definition) is 1. The van der Waals surface area contributed by atoms with Crippen LogP contribution in [0.3, 0.4) is 0 Å². The van der Waals surface area contributed by atoms with Gasteiger partial charge in [-0.2, -0.15) is 0 Å². The smallest absolute Gasteiger partial charge is 0.331 e. The molecular weight excluding hydrogens is 212 g/mol. The van der Waals surface area contributed by atoms with Gasteiger partial charge in [0.15, 0.2) is 0 Å². The predicted molar refractivity (Wildman–Crippen MR) is 68.6 cm³/mol.